The molecule has 0 fully saturated rings. The monoisotopic (exact) mass is 415 g/mol. The minimum Gasteiger partial charge on any atom is -0.449 e. The quantitative estimate of drug-likeness (QED) is 0.406. The normalized spacial score (nSPS) is 13.2. The first kappa shape index (κ1) is 20.8. The topological polar surface area (TPSA) is 64.6 Å². The number of benzene rings is 3. The predicted octanol–water partition coefficient (Wildman–Crippen LogP) is 4.70. The van der Waals surface area contributed by atoms with Crippen LogP contribution >= 0.6 is 0 Å². The molecule has 5 nitrogen and oxygen atoms in total. The first-order chi connectivity index (χ1) is 15.3. The van der Waals surface area contributed by atoms with E-state index in [-0.39, 0.29) is 12.5 Å². The van der Waals surface area contributed by atoms with Gasteiger partial charge in [-0.25, -0.2) is 4.79 Å². The van der Waals surface area contributed by atoms with Gasteiger partial charge in [0, 0.05) is 12.5 Å². The van der Waals surface area contributed by atoms with Crippen molar-refractivity contribution in [2.24, 2.45) is 0 Å². The summed E-state index contributed by atoms with van der Waals surface area (Å²) in [4.78, 5) is 23.7. The van der Waals surface area contributed by atoms with Crippen molar-refractivity contribution in [3.63, 3.8) is 0 Å². The average molecular weight is 415 g/mol. The van der Waals surface area contributed by atoms with Gasteiger partial charge in [-0.15, -0.1) is 0 Å². The number of aldehydes is 1. The molecule has 0 radical (unpaired) electrons. The highest BCUT2D eigenvalue weighted by Gasteiger charge is 2.29. The molecule has 0 heterocycles. The lowest BCUT2D eigenvalue weighted by atomic mass is 9.98. The van der Waals surface area contributed by atoms with E-state index in [2.05, 4.69) is 29.6 Å². The number of rotatable bonds is 9. The molecule has 5 heteroatoms. The summed E-state index contributed by atoms with van der Waals surface area (Å²) in [5, 5.41) is 2.63. The molecule has 0 saturated carbocycles. The second-order valence-electron chi connectivity index (χ2n) is 7.54. The van der Waals surface area contributed by atoms with Crippen LogP contribution in [0.3, 0.4) is 0 Å². The number of amides is 1. The summed E-state index contributed by atoms with van der Waals surface area (Å²) in [6, 6.07) is 25.5. The van der Waals surface area contributed by atoms with E-state index in [0.717, 1.165) is 16.7 Å². The first-order valence-electron chi connectivity index (χ1n) is 10.4. The van der Waals surface area contributed by atoms with E-state index in [0.29, 0.717) is 25.9 Å². The Bertz CT molecular complexity index is 989. The molecule has 0 bridgehead atoms. The van der Waals surface area contributed by atoms with E-state index < -0.39 is 12.1 Å². The highest BCUT2D eigenvalue weighted by atomic mass is 16.5. The lowest BCUT2D eigenvalue weighted by molar-refractivity contribution is -0.110. The lowest BCUT2D eigenvalue weighted by Crippen LogP contribution is -2.37. The Morgan fingerprint density at radius 3 is 2.16 bits per heavy atom. The third kappa shape index (κ3) is 5.01. The third-order valence-corrected chi connectivity index (χ3v) is 5.50. The molecule has 4 rings (SSSR count). The van der Waals surface area contributed by atoms with Gasteiger partial charge in [0.05, 0.1) is 12.6 Å². The maximum absolute atomic E-state index is 12.3. The van der Waals surface area contributed by atoms with Gasteiger partial charge in [0.1, 0.15) is 12.9 Å². The zero-order valence-electron chi connectivity index (χ0n) is 17.2. The van der Waals surface area contributed by atoms with Crippen LogP contribution in [-0.4, -0.2) is 31.6 Å². The molecule has 1 aliphatic carbocycles. The number of hydrogen-bond acceptors (Lipinski definition) is 4. The van der Waals surface area contributed by atoms with Crippen molar-refractivity contribution in [1.82, 2.24) is 5.32 Å². The van der Waals surface area contributed by atoms with Gasteiger partial charge in [0.25, 0.3) is 0 Å². The molecule has 1 amide bonds. The van der Waals surface area contributed by atoms with E-state index in [9.17, 15) is 9.59 Å². The Balaban J connectivity index is 1.27. The van der Waals surface area contributed by atoms with Crippen molar-refractivity contribution in [2.45, 2.75) is 25.0 Å². The highest BCUT2D eigenvalue weighted by molar-refractivity contribution is 5.79. The average Bonchev–Trinajstić information content (AvgIpc) is 3.14. The molecular weight excluding hydrogens is 390 g/mol. The molecule has 0 saturated heterocycles. The number of fused-ring (bicyclic) bond motifs is 3. The first-order valence-corrected chi connectivity index (χ1v) is 10.4. The molecular formula is C26H25NO4. The number of ether oxygens (including phenoxy) is 2. The van der Waals surface area contributed by atoms with Crippen LogP contribution in [0.5, 0.6) is 0 Å². The van der Waals surface area contributed by atoms with Gasteiger partial charge >= 0.3 is 6.09 Å². The largest absolute Gasteiger partial charge is 0.449 e. The Hall–Kier alpha value is -3.44. The Morgan fingerprint density at radius 1 is 0.903 bits per heavy atom. The molecule has 0 aromatic heterocycles. The fourth-order valence-corrected chi connectivity index (χ4v) is 3.94. The van der Waals surface area contributed by atoms with Crippen LogP contribution in [-0.2, 0) is 20.9 Å². The van der Waals surface area contributed by atoms with Crippen LogP contribution in [0.25, 0.3) is 11.1 Å². The summed E-state index contributed by atoms with van der Waals surface area (Å²) in [6.45, 7) is 1.05. The van der Waals surface area contributed by atoms with Gasteiger partial charge in [0.2, 0.25) is 0 Å². The van der Waals surface area contributed by atoms with Gasteiger partial charge in [-0.05, 0) is 34.2 Å². The van der Waals surface area contributed by atoms with Crippen molar-refractivity contribution >= 4 is 12.4 Å². The Morgan fingerprint density at radius 2 is 1.52 bits per heavy atom. The van der Waals surface area contributed by atoms with Crippen molar-refractivity contribution < 1.29 is 19.1 Å². The van der Waals surface area contributed by atoms with E-state index in [1.165, 1.54) is 11.1 Å². The van der Waals surface area contributed by atoms with E-state index in [4.69, 9.17) is 9.47 Å². The van der Waals surface area contributed by atoms with Crippen molar-refractivity contribution in [2.75, 3.05) is 13.2 Å². The summed E-state index contributed by atoms with van der Waals surface area (Å²) in [6.07, 6.45) is 0.510. The molecule has 3 aromatic carbocycles. The van der Waals surface area contributed by atoms with Crippen molar-refractivity contribution in [1.29, 1.82) is 0 Å². The minimum atomic E-state index is -0.647. The van der Waals surface area contributed by atoms with Crippen LogP contribution in [0.1, 0.15) is 29.0 Å². The molecule has 1 aliphatic rings. The smallest absolute Gasteiger partial charge is 0.407 e. The second kappa shape index (κ2) is 10.0. The van der Waals surface area contributed by atoms with E-state index in [1.54, 1.807) is 0 Å². The number of carbonyl (C=O) groups excluding carboxylic acids is 2. The Kier molecular flexibility index (Phi) is 6.75. The number of carbonyl (C=O) groups is 2. The van der Waals surface area contributed by atoms with Crippen molar-refractivity contribution in [3.8, 4) is 11.1 Å². The maximum atomic E-state index is 12.3. The van der Waals surface area contributed by atoms with Crippen LogP contribution < -0.4 is 5.32 Å². The van der Waals surface area contributed by atoms with Crippen LogP contribution in [0.4, 0.5) is 4.79 Å². The fraction of sp³-hybridized carbons (Fsp3) is 0.231. The lowest BCUT2D eigenvalue weighted by Gasteiger charge is -2.17. The minimum absolute atomic E-state index is 0.0120. The van der Waals surface area contributed by atoms with Crippen LogP contribution in [0.15, 0.2) is 78.9 Å². The molecule has 158 valence electrons. The number of nitrogens with one attached hydrogen (secondary N) is 1. The summed E-state index contributed by atoms with van der Waals surface area (Å²) in [5.74, 6) is -0.0120. The second-order valence-corrected chi connectivity index (χ2v) is 7.54. The van der Waals surface area contributed by atoms with Crippen molar-refractivity contribution in [3.05, 3.63) is 95.6 Å². The van der Waals surface area contributed by atoms with E-state index in [1.807, 2.05) is 54.6 Å². The number of hydrogen-bond donors (Lipinski definition) is 1. The zero-order chi connectivity index (χ0) is 21.5. The SMILES string of the molecule is O=CC(CCOCc1ccccc1)NC(=O)OCC1c2ccccc2-c2ccccc21. The summed E-state index contributed by atoms with van der Waals surface area (Å²) in [5.41, 5.74) is 5.71. The molecule has 1 atom stereocenters. The maximum Gasteiger partial charge on any atom is 0.407 e. The van der Waals surface area contributed by atoms with Gasteiger partial charge in [-0.3, -0.25) is 0 Å². The molecule has 3 aromatic rings. The molecule has 0 spiro atoms. The van der Waals surface area contributed by atoms with E-state index >= 15 is 0 Å². The van der Waals surface area contributed by atoms with Gasteiger partial charge in [-0.1, -0.05) is 78.9 Å². The molecule has 0 aliphatic heterocycles. The number of alkyl carbamates (subject to hydrolysis) is 1. The fourth-order valence-electron chi connectivity index (χ4n) is 3.94. The van der Waals surface area contributed by atoms with Gasteiger partial charge < -0.3 is 19.6 Å². The van der Waals surface area contributed by atoms with Gasteiger partial charge in [0.15, 0.2) is 0 Å². The standard InChI is InChI=1S/C26H25NO4/c28-16-20(14-15-30-17-19-8-2-1-3-9-19)27-26(29)31-18-25-23-12-6-4-10-21(23)22-11-5-7-13-24(22)25/h1-13,16,20,25H,14-15,17-18H2,(H,27,29). The molecule has 1 N–H and O–H groups in total. The molecule has 31 heavy (non-hydrogen) atoms. The van der Waals surface area contributed by atoms with Crippen LogP contribution in [0, 0.1) is 0 Å². The Labute approximate surface area is 182 Å². The molecule has 1 unspecified atom stereocenters. The van der Waals surface area contributed by atoms with Crippen LogP contribution in [0.2, 0.25) is 0 Å². The summed E-state index contributed by atoms with van der Waals surface area (Å²) in [7, 11) is 0. The predicted molar refractivity (Wildman–Crippen MR) is 119 cm³/mol. The summed E-state index contributed by atoms with van der Waals surface area (Å²) >= 11 is 0. The summed E-state index contributed by atoms with van der Waals surface area (Å²) < 4.78 is 11.1. The van der Waals surface area contributed by atoms with Gasteiger partial charge in [-0.2, -0.15) is 0 Å². The third-order valence-electron chi connectivity index (χ3n) is 5.50. The zero-order valence-corrected chi connectivity index (χ0v) is 17.2. The highest BCUT2D eigenvalue weighted by Crippen LogP contribution is 2.44.